The highest BCUT2D eigenvalue weighted by atomic mass is 35.5. The van der Waals surface area contributed by atoms with E-state index in [1.54, 1.807) is 6.20 Å². The summed E-state index contributed by atoms with van der Waals surface area (Å²) in [5.74, 6) is 1.50. The van der Waals surface area contributed by atoms with Crippen molar-refractivity contribution in [2.75, 3.05) is 11.4 Å². The van der Waals surface area contributed by atoms with Crippen molar-refractivity contribution in [1.82, 2.24) is 20.2 Å². The fourth-order valence-electron chi connectivity index (χ4n) is 3.03. The van der Waals surface area contributed by atoms with E-state index in [4.69, 9.17) is 11.6 Å². The average molecular weight is 294 g/mol. The first-order chi connectivity index (χ1) is 9.65. The highest BCUT2D eigenvalue weighted by molar-refractivity contribution is 6.28. The van der Waals surface area contributed by atoms with E-state index >= 15 is 0 Å². The smallest absolute Gasteiger partial charge is 0.226 e. The second-order valence-corrected chi connectivity index (χ2v) is 6.27. The summed E-state index contributed by atoms with van der Waals surface area (Å²) >= 11 is 6.07. The lowest BCUT2D eigenvalue weighted by molar-refractivity contribution is 0.532. The zero-order valence-electron chi connectivity index (χ0n) is 11.9. The third kappa shape index (κ3) is 2.59. The summed E-state index contributed by atoms with van der Waals surface area (Å²) in [6, 6.07) is 0.557. The van der Waals surface area contributed by atoms with E-state index in [2.05, 4.69) is 38.9 Å². The van der Waals surface area contributed by atoms with Crippen LogP contribution in [0.25, 0.3) is 11.0 Å². The van der Waals surface area contributed by atoms with Crippen LogP contribution in [0.5, 0.6) is 0 Å². The van der Waals surface area contributed by atoms with E-state index in [-0.39, 0.29) is 5.28 Å². The Hall–Kier alpha value is -1.36. The van der Waals surface area contributed by atoms with Crippen LogP contribution in [0.2, 0.25) is 5.28 Å². The highest BCUT2D eigenvalue weighted by Crippen LogP contribution is 2.32. The minimum absolute atomic E-state index is 0.281. The number of hydrogen-bond acceptors (Lipinski definition) is 4. The van der Waals surface area contributed by atoms with Crippen molar-refractivity contribution in [3.05, 3.63) is 11.5 Å². The second-order valence-electron chi connectivity index (χ2n) is 5.93. The van der Waals surface area contributed by atoms with Gasteiger partial charge in [0.25, 0.3) is 0 Å². The van der Waals surface area contributed by atoms with Gasteiger partial charge in [-0.05, 0) is 30.4 Å². The Bertz CT molecular complexity index is 588. The molecule has 2 heterocycles. The molecule has 0 aromatic carbocycles. The first-order valence-corrected chi connectivity index (χ1v) is 7.66. The summed E-state index contributed by atoms with van der Waals surface area (Å²) in [5.41, 5.74) is 0.715. The Morgan fingerprint density at radius 2 is 2.10 bits per heavy atom. The number of aromatic nitrogens is 4. The molecule has 0 saturated heterocycles. The molecule has 1 aliphatic rings. The van der Waals surface area contributed by atoms with Crippen molar-refractivity contribution in [2.24, 2.45) is 5.92 Å². The van der Waals surface area contributed by atoms with E-state index in [1.807, 2.05) is 0 Å². The molecule has 5 nitrogen and oxygen atoms in total. The lowest BCUT2D eigenvalue weighted by atomic mass is 10.1. The summed E-state index contributed by atoms with van der Waals surface area (Å²) in [7, 11) is 0. The van der Waals surface area contributed by atoms with Crippen LogP contribution < -0.4 is 4.90 Å². The third-order valence-electron chi connectivity index (χ3n) is 3.86. The maximum absolute atomic E-state index is 6.07. The van der Waals surface area contributed by atoms with Crippen LogP contribution >= 0.6 is 11.6 Å². The van der Waals surface area contributed by atoms with E-state index in [9.17, 15) is 0 Å². The molecule has 0 spiro atoms. The molecular formula is C14H20ClN5. The zero-order chi connectivity index (χ0) is 14.1. The molecule has 108 valence electrons. The van der Waals surface area contributed by atoms with Gasteiger partial charge in [0, 0.05) is 12.6 Å². The predicted octanol–water partition coefficient (Wildman–Crippen LogP) is 3.41. The molecule has 3 rings (SSSR count). The number of halogens is 1. The van der Waals surface area contributed by atoms with Crippen molar-refractivity contribution >= 4 is 28.5 Å². The lowest BCUT2D eigenvalue weighted by Crippen LogP contribution is -2.37. The van der Waals surface area contributed by atoms with Crippen LogP contribution in [0.1, 0.15) is 39.5 Å². The van der Waals surface area contributed by atoms with E-state index < -0.39 is 0 Å². The van der Waals surface area contributed by atoms with Gasteiger partial charge < -0.3 is 4.90 Å². The number of nitrogens with one attached hydrogen (secondary N) is 1. The first-order valence-electron chi connectivity index (χ1n) is 7.28. The molecule has 0 radical (unpaired) electrons. The Balaban J connectivity index is 2.05. The summed E-state index contributed by atoms with van der Waals surface area (Å²) < 4.78 is 0. The van der Waals surface area contributed by atoms with Crippen molar-refractivity contribution in [3.63, 3.8) is 0 Å². The van der Waals surface area contributed by atoms with Gasteiger partial charge in [-0.3, -0.25) is 5.10 Å². The van der Waals surface area contributed by atoms with Gasteiger partial charge in [0.2, 0.25) is 5.28 Å². The number of rotatable bonds is 4. The maximum Gasteiger partial charge on any atom is 0.226 e. The van der Waals surface area contributed by atoms with Gasteiger partial charge >= 0.3 is 0 Å². The zero-order valence-corrected chi connectivity index (χ0v) is 12.7. The topological polar surface area (TPSA) is 57.7 Å². The molecule has 1 N–H and O–H groups in total. The molecular weight excluding hydrogens is 274 g/mol. The molecule has 6 heteroatoms. The standard InChI is InChI=1S/C14H20ClN5/c1-9(2)8-20(10-5-3-4-6-10)13-11-7-16-19-12(11)17-14(15)18-13/h7,9-10H,3-6,8H2,1-2H3,(H,16,17,18,19). The molecule has 1 saturated carbocycles. The van der Waals surface area contributed by atoms with Crippen LogP contribution in [-0.2, 0) is 0 Å². The number of hydrogen-bond donors (Lipinski definition) is 1. The Labute approximate surface area is 123 Å². The van der Waals surface area contributed by atoms with Crippen LogP contribution in [0.4, 0.5) is 5.82 Å². The third-order valence-corrected chi connectivity index (χ3v) is 4.03. The van der Waals surface area contributed by atoms with Gasteiger partial charge in [0.05, 0.1) is 11.6 Å². The lowest BCUT2D eigenvalue weighted by Gasteiger charge is -2.32. The van der Waals surface area contributed by atoms with Gasteiger partial charge in [-0.15, -0.1) is 0 Å². The molecule has 2 aromatic heterocycles. The van der Waals surface area contributed by atoms with Crippen molar-refractivity contribution in [2.45, 2.75) is 45.6 Å². The average Bonchev–Trinajstić information content (AvgIpc) is 3.05. The van der Waals surface area contributed by atoms with Crippen LogP contribution in [0, 0.1) is 5.92 Å². The quantitative estimate of drug-likeness (QED) is 0.878. The monoisotopic (exact) mass is 293 g/mol. The van der Waals surface area contributed by atoms with E-state index in [0.29, 0.717) is 17.6 Å². The summed E-state index contributed by atoms with van der Waals surface area (Å²) in [5, 5.41) is 8.21. The van der Waals surface area contributed by atoms with Crippen molar-refractivity contribution in [1.29, 1.82) is 0 Å². The van der Waals surface area contributed by atoms with Gasteiger partial charge in [-0.1, -0.05) is 26.7 Å². The Morgan fingerprint density at radius 1 is 1.35 bits per heavy atom. The first kappa shape index (κ1) is 13.6. The molecule has 0 bridgehead atoms. The van der Waals surface area contributed by atoms with Crippen molar-refractivity contribution < 1.29 is 0 Å². The molecule has 1 fully saturated rings. The fraction of sp³-hybridized carbons (Fsp3) is 0.643. The SMILES string of the molecule is CC(C)CN(c1nc(Cl)nc2[nH]ncc12)C1CCCC1. The number of aromatic amines is 1. The molecule has 0 amide bonds. The number of H-pyrrole nitrogens is 1. The molecule has 2 aromatic rings. The van der Waals surface area contributed by atoms with Gasteiger partial charge in [-0.25, -0.2) is 0 Å². The van der Waals surface area contributed by atoms with Gasteiger partial charge in [0.15, 0.2) is 5.65 Å². The van der Waals surface area contributed by atoms with Crippen molar-refractivity contribution in [3.8, 4) is 0 Å². The summed E-state index contributed by atoms with van der Waals surface area (Å²) in [6.45, 7) is 5.45. The molecule has 20 heavy (non-hydrogen) atoms. The largest absolute Gasteiger partial charge is 0.353 e. The number of anilines is 1. The fourth-order valence-corrected chi connectivity index (χ4v) is 3.19. The Morgan fingerprint density at radius 3 is 2.80 bits per heavy atom. The normalized spacial score (nSPS) is 16.4. The highest BCUT2D eigenvalue weighted by Gasteiger charge is 2.26. The minimum atomic E-state index is 0.281. The van der Waals surface area contributed by atoms with Crippen LogP contribution in [0.3, 0.4) is 0 Å². The molecule has 0 unspecified atom stereocenters. The molecule has 1 aliphatic carbocycles. The van der Waals surface area contributed by atoms with Gasteiger partial charge in [-0.2, -0.15) is 15.1 Å². The second kappa shape index (κ2) is 5.56. The maximum atomic E-state index is 6.07. The van der Waals surface area contributed by atoms with Crippen LogP contribution in [-0.4, -0.2) is 32.8 Å². The summed E-state index contributed by atoms with van der Waals surface area (Å²) in [4.78, 5) is 11.1. The Kier molecular flexibility index (Phi) is 3.78. The molecule has 0 atom stereocenters. The molecule has 0 aliphatic heterocycles. The predicted molar refractivity (Wildman–Crippen MR) is 81.1 cm³/mol. The number of fused-ring (bicyclic) bond motifs is 1. The minimum Gasteiger partial charge on any atom is -0.353 e. The number of nitrogens with zero attached hydrogens (tertiary/aromatic N) is 4. The van der Waals surface area contributed by atoms with Crippen LogP contribution in [0.15, 0.2) is 6.20 Å². The van der Waals surface area contributed by atoms with Gasteiger partial charge in [0.1, 0.15) is 5.82 Å². The van der Waals surface area contributed by atoms with E-state index in [0.717, 1.165) is 17.7 Å². The summed E-state index contributed by atoms with van der Waals surface area (Å²) in [6.07, 6.45) is 6.85. The van der Waals surface area contributed by atoms with E-state index in [1.165, 1.54) is 25.7 Å².